The van der Waals surface area contributed by atoms with Crippen LogP contribution in [0.2, 0.25) is 5.02 Å². The lowest BCUT2D eigenvalue weighted by molar-refractivity contribution is 0.0910. The number of rotatable bonds is 4. The third kappa shape index (κ3) is 3.66. The van der Waals surface area contributed by atoms with Crippen molar-refractivity contribution in [3.8, 4) is 0 Å². The number of benzene rings is 1. The van der Waals surface area contributed by atoms with E-state index in [4.69, 9.17) is 11.6 Å². The number of halogens is 1. The van der Waals surface area contributed by atoms with Crippen LogP contribution in [0.1, 0.15) is 22.2 Å². The molecule has 3 N–H and O–H groups in total. The summed E-state index contributed by atoms with van der Waals surface area (Å²) in [5, 5.41) is 18.8. The number of H-pyrrole nitrogens is 1. The van der Waals surface area contributed by atoms with Gasteiger partial charge in [-0.3, -0.25) is 9.59 Å². The molecule has 1 aromatic carbocycles. The Hall–Kier alpha value is -2.18. The molecule has 1 atom stereocenters. The van der Waals surface area contributed by atoms with Gasteiger partial charge in [0.25, 0.3) is 11.5 Å². The second-order valence-corrected chi connectivity index (χ2v) is 4.52. The van der Waals surface area contributed by atoms with Crippen LogP contribution in [0.3, 0.4) is 0 Å². The number of aromatic amines is 1. The lowest BCUT2D eigenvalue weighted by Gasteiger charge is -2.12. The Morgan fingerprint density at radius 3 is 2.60 bits per heavy atom. The van der Waals surface area contributed by atoms with Gasteiger partial charge < -0.3 is 10.4 Å². The maximum Gasteiger partial charge on any atom is 0.271 e. The first kappa shape index (κ1) is 14.2. The minimum Gasteiger partial charge on any atom is -0.387 e. The zero-order valence-corrected chi connectivity index (χ0v) is 11.1. The average molecular weight is 294 g/mol. The molecule has 6 nitrogen and oxygen atoms in total. The van der Waals surface area contributed by atoms with Crippen molar-refractivity contribution in [3.63, 3.8) is 0 Å². The molecule has 0 radical (unpaired) electrons. The Bertz CT molecular complexity index is 634. The Balaban J connectivity index is 1.94. The van der Waals surface area contributed by atoms with E-state index in [0.29, 0.717) is 10.6 Å². The molecule has 7 heteroatoms. The van der Waals surface area contributed by atoms with Crippen molar-refractivity contribution in [3.05, 3.63) is 63.0 Å². The van der Waals surface area contributed by atoms with Crippen molar-refractivity contribution in [1.82, 2.24) is 15.5 Å². The van der Waals surface area contributed by atoms with Gasteiger partial charge in [-0.2, -0.15) is 5.10 Å². The van der Waals surface area contributed by atoms with Gasteiger partial charge in [0.2, 0.25) is 0 Å². The summed E-state index contributed by atoms with van der Waals surface area (Å²) in [5.41, 5.74) is 0.333. The molecule has 1 amide bonds. The zero-order chi connectivity index (χ0) is 14.5. The Morgan fingerprint density at radius 2 is 2.00 bits per heavy atom. The van der Waals surface area contributed by atoms with Gasteiger partial charge >= 0.3 is 0 Å². The highest BCUT2D eigenvalue weighted by molar-refractivity contribution is 6.30. The lowest BCUT2D eigenvalue weighted by Crippen LogP contribution is -2.29. The summed E-state index contributed by atoms with van der Waals surface area (Å²) in [6, 6.07) is 9.19. The third-order valence-electron chi connectivity index (χ3n) is 2.62. The van der Waals surface area contributed by atoms with E-state index < -0.39 is 12.0 Å². The number of aromatic nitrogens is 2. The van der Waals surface area contributed by atoms with Gasteiger partial charge in [0.05, 0.1) is 6.10 Å². The molecule has 1 heterocycles. The number of hydrogen-bond donors (Lipinski definition) is 3. The minimum atomic E-state index is -0.848. The van der Waals surface area contributed by atoms with E-state index in [0.717, 1.165) is 0 Å². The van der Waals surface area contributed by atoms with Gasteiger partial charge in [-0.05, 0) is 23.8 Å². The van der Waals surface area contributed by atoms with E-state index >= 15 is 0 Å². The predicted octanol–water partition coefficient (Wildman–Crippen LogP) is 0.887. The van der Waals surface area contributed by atoms with Crippen LogP contribution in [0.4, 0.5) is 0 Å². The van der Waals surface area contributed by atoms with E-state index in [-0.39, 0.29) is 17.8 Å². The monoisotopic (exact) mass is 293 g/mol. The van der Waals surface area contributed by atoms with Gasteiger partial charge in [0.15, 0.2) is 0 Å². The molecule has 0 aliphatic heterocycles. The van der Waals surface area contributed by atoms with Crippen molar-refractivity contribution >= 4 is 17.5 Å². The second-order valence-electron chi connectivity index (χ2n) is 4.08. The molecule has 0 aliphatic rings. The highest BCUT2D eigenvalue weighted by Gasteiger charge is 2.11. The van der Waals surface area contributed by atoms with Gasteiger partial charge in [0, 0.05) is 17.6 Å². The normalized spacial score (nSPS) is 11.9. The number of amides is 1. The molecule has 20 heavy (non-hydrogen) atoms. The molecule has 0 spiro atoms. The van der Waals surface area contributed by atoms with Crippen molar-refractivity contribution in [2.75, 3.05) is 6.54 Å². The Morgan fingerprint density at radius 1 is 1.30 bits per heavy atom. The topological polar surface area (TPSA) is 95.1 Å². The molecule has 0 aliphatic carbocycles. The number of carbonyl (C=O) groups is 1. The van der Waals surface area contributed by atoms with Gasteiger partial charge in [0.1, 0.15) is 5.69 Å². The molecule has 2 rings (SSSR count). The number of nitrogens with one attached hydrogen (secondary N) is 2. The molecular weight excluding hydrogens is 282 g/mol. The predicted molar refractivity (Wildman–Crippen MR) is 73.6 cm³/mol. The standard InChI is InChI=1S/C13H12ClN3O3/c14-9-3-1-8(2-4-9)11(18)7-15-13(20)10-5-6-12(19)17-16-10/h1-6,11,18H,7H2,(H,15,20)(H,17,19)/t11-/m1/s1. The fraction of sp³-hybridized carbons (Fsp3) is 0.154. The number of nitrogens with zero attached hydrogens (tertiary/aromatic N) is 1. The maximum absolute atomic E-state index is 11.7. The van der Waals surface area contributed by atoms with Gasteiger partial charge in [-0.1, -0.05) is 23.7 Å². The molecule has 0 fully saturated rings. The Labute approximate surface area is 119 Å². The Kier molecular flexibility index (Phi) is 4.49. The molecule has 104 valence electrons. The van der Waals surface area contributed by atoms with E-state index in [1.165, 1.54) is 12.1 Å². The van der Waals surface area contributed by atoms with Crippen LogP contribution in [0.25, 0.3) is 0 Å². The van der Waals surface area contributed by atoms with E-state index in [1.54, 1.807) is 24.3 Å². The van der Waals surface area contributed by atoms with Crippen LogP contribution >= 0.6 is 11.6 Å². The molecule has 0 saturated carbocycles. The highest BCUT2D eigenvalue weighted by atomic mass is 35.5. The quantitative estimate of drug-likeness (QED) is 0.780. The first-order valence-corrected chi connectivity index (χ1v) is 6.21. The SMILES string of the molecule is O=C(NC[C@@H](O)c1ccc(Cl)cc1)c1ccc(=O)[nH]n1. The highest BCUT2D eigenvalue weighted by Crippen LogP contribution is 2.15. The lowest BCUT2D eigenvalue weighted by atomic mass is 10.1. The summed E-state index contributed by atoms with van der Waals surface area (Å²) < 4.78 is 0. The largest absolute Gasteiger partial charge is 0.387 e. The molecule has 0 bridgehead atoms. The number of carbonyl (C=O) groups excluding carboxylic acids is 1. The summed E-state index contributed by atoms with van der Waals surface area (Å²) in [4.78, 5) is 22.5. The van der Waals surface area contributed by atoms with Crippen molar-refractivity contribution in [2.24, 2.45) is 0 Å². The molecule has 1 aromatic heterocycles. The zero-order valence-electron chi connectivity index (χ0n) is 10.3. The van der Waals surface area contributed by atoms with Crippen LogP contribution in [-0.2, 0) is 0 Å². The first-order valence-electron chi connectivity index (χ1n) is 5.84. The molecule has 0 saturated heterocycles. The summed E-state index contributed by atoms with van der Waals surface area (Å²) in [7, 11) is 0. The van der Waals surface area contributed by atoms with E-state index in [9.17, 15) is 14.7 Å². The van der Waals surface area contributed by atoms with E-state index in [1.807, 2.05) is 0 Å². The minimum absolute atomic E-state index is 0.0290. The van der Waals surface area contributed by atoms with Crippen LogP contribution < -0.4 is 10.9 Å². The van der Waals surface area contributed by atoms with Gasteiger partial charge in [-0.15, -0.1) is 0 Å². The molecular formula is C13H12ClN3O3. The summed E-state index contributed by atoms with van der Waals surface area (Å²) in [5.74, 6) is -0.478. The fourth-order valence-corrected chi connectivity index (χ4v) is 1.68. The third-order valence-corrected chi connectivity index (χ3v) is 2.87. The van der Waals surface area contributed by atoms with Crippen molar-refractivity contribution in [2.45, 2.75) is 6.10 Å². The average Bonchev–Trinajstić information content (AvgIpc) is 2.46. The molecule has 2 aromatic rings. The summed E-state index contributed by atoms with van der Waals surface area (Å²) in [6.45, 7) is 0.0290. The van der Waals surface area contributed by atoms with E-state index in [2.05, 4.69) is 15.5 Å². The fourth-order valence-electron chi connectivity index (χ4n) is 1.55. The van der Waals surface area contributed by atoms with Crippen LogP contribution in [0.5, 0.6) is 0 Å². The smallest absolute Gasteiger partial charge is 0.271 e. The molecule has 0 unspecified atom stereocenters. The number of aliphatic hydroxyl groups is 1. The summed E-state index contributed by atoms with van der Waals surface area (Å²) in [6.07, 6.45) is -0.848. The summed E-state index contributed by atoms with van der Waals surface area (Å²) >= 11 is 5.75. The van der Waals surface area contributed by atoms with Crippen LogP contribution in [0, 0.1) is 0 Å². The van der Waals surface area contributed by atoms with Crippen molar-refractivity contribution < 1.29 is 9.90 Å². The van der Waals surface area contributed by atoms with Gasteiger partial charge in [-0.25, -0.2) is 5.10 Å². The maximum atomic E-state index is 11.7. The van der Waals surface area contributed by atoms with Crippen LogP contribution in [-0.4, -0.2) is 27.8 Å². The number of aliphatic hydroxyl groups excluding tert-OH is 1. The second kappa shape index (κ2) is 6.31. The number of hydrogen-bond acceptors (Lipinski definition) is 4. The first-order chi connectivity index (χ1) is 9.56. The van der Waals surface area contributed by atoms with Crippen molar-refractivity contribution in [1.29, 1.82) is 0 Å². The van der Waals surface area contributed by atoms with Crippen LogP contribution in [0.15, 0.2) is 41.2 Å².